The lowest BCUT2D eigenvalue weighted by atomic mass is 9.93. The summed E-state index contributed by atoms with van der Waals surface area (Å²) in [6, 6.07) is 7.98. The fraction of sp³-hybridized carbons (Fsp3) is 0.421. The van der Waals surface area contributed by atoms with Crippen LogP contribution in [0.1, 0.15) is 24.8 Å². The zero-order valence-corrected chi connectivity index (χ0v) is 14.6. The van der Waals surface area contributed by atoms with Gasteiger partial charge in [-0.1, -0.05) is 12.1 Å². The topological polar surface area (TPSA) is 78.4 Å². The summed E-state index contributed by atoms with van der Waals surface area (Å²) < 4.78 is 13.2. The van der Waals surface area contributed by atoms with Crippen LogP contribution in [0.4, 0.5) is 10.3 Å². The Bertz CT molecular complexity index is 743. The van der Waals surface area contributed by atoms with Crippen LogP contribution < -0.4 is 10.2 Å². The number of hydrogen-bond donors (Lipinski definition) is 2. The van der Waals surface area contributed by atoms with Crippen molar-refractivity contribution >= 4 is 11.9 Å². The van der Waals surface area contributed by atoms with E-state index >= 15 is 0 Å². The largest absolute Gasteiger partial charge is 0.386 e. The van der Waals surface area contributed by atoms with Gasteiger partial charge >= 0.3 is 0 Å². The number of aryl methyl sites for hydroxylation is 1. The van der Waals surface area contributed by atoms with Gasteiger partial charge in [0, 0.05) is 31.9 Å². The lowest BCUT2D eigenvalue weighted by molar-refractivity contribution is -0.122. The van der Waals surface area contributed by atoms with E-state index in [1.807, 2.05) is 4.90 Å². The molecule has 2 aromatic rings. The molecular formula is C19H23FN4O2. The summed E-state index contributed by atoms with van der Waals surface area (Å²) >= 11 is 0. The summed E-state index contributed by atoms with van der Waals surface area (Å²) in [4.78, 5) is 22.5. The third-order valence-corrected chi connectivity index (χ3v) is 4.53. The van der Waals surface area contributed by atoms with Gasteiger partial charge in [-0.2, -0.15) is 0 Å². The number of nitrogens with zero attached hydrogens (tertiary/aromatic N) is 3. The molecule has 0 spiro atoms. The number of piperidine rings is 1. The molecule has 1 amide bonds. The van der Waals surface area contributed by atoms with Gasteiger partial charge in [0.2, 0.25) is 11.9 Å². The fourth-order valence-electron chi connectivity index (χ4n) is 3.18. The van der Waals surface area contributed by atoms with Crippen LogP contribution in [0.3, 0.4) is 0 Å². The monoisotopic (exact) mass is 358 g/mol. The molecule has 0 bridgehead atoms. The second-order valence-electron chi connectivity index (χ2n) is 6.70. The molecule has 26 heavy (non-hydrogen) atoms. The van der Waals surface area contributed by atoms with Crippen LogP contribution in [0.25, 0.3) is 0 Å². The number of β-amino-alcohol motifs (C(OH)–C–C–N with tert-alkyl or cyclic N) is 1. The van der Waals surface area contributed by atoms with E-state index < -0.39 is 5.60 Å². The van der Waals surface area contributed by atoms with E-state index in [0.717, 1.165) is 18.5 Å². The number of halogens is 1. The molecule has 2 N–H and O–H groups in total. The van der Waals surface area contributed by atoms with Gasteiger partial charge in [0.1, 0.15) is 5.82 Å². The number of aliphatic hydroxyl groups is 1. The summed E-state index contributed by atoms with van der Waals surface area (Å²) in [5.41, 5.74) is -0.227. The molecule has 3 rings (SSSR count). The van der Waals surface area contributed by atoms with Crippen LogP contribution in [0, 0.1) is 5.82 Å². The van der Waals surface area contributed by atoms with Crippen molar-refractivity contribution in [2.75, 3.05) is 24.5 Å². The van der Waals surface area contributed by atoms with Crippen molar-refractivity contribution < 1.29 is 14.3 Å². The molecule has 2 heterocycles. The molecule has 1 unspecified atom stereocenters. The molecule has 1 aromatic heterocycles. The van der Waals surface area contributed by atoms with Crippen molar-refractivity contribution in [1.29, 1.82) is 0 Å². The zero-order chi connectivity index (χ0) is 18.4. The SMILES string of the molecule is O=C(CCc1cccc(F)c1)NCC1(O)CCCN(c2ncccn2)C1. The Labute approximate surface area is 152 Å². The van der Waals surface area contributed by atoms with Crippen LogP contribution in [-0.2, 0) is 11.2 Å². The molecule has 1 fully saturated rings. The maximum atomic E-state index is 13.2. The molecule has 1 aliphatic rings. The first-order chi connectivity index (χ1) is 12.5. The summed E-state index contributed by atoms with van der Waals surface area (Å²) in [5.74, 6) is 0.126. The van der Waals surface area contributed by atoms with Gasteiger partial charge in [0.15, 0.2) is 0 Å². The van der Waals surface area contributed by atoms with E-state index in [4.69, 9.17) is 0 Å². The van der Waals surface area contributed by atoms with Crippen LogP contribution in [0.2, 0.25) is 0 Å². The van der Waals surface area contributed by atoms with E-state index in [-0.39, 0.29) is 24.7 Å². The Morgan fingerprint density at radius 1 is 1.31 bits per heavy atom. The van der Waals surface area contributed by atoms with Crippen molar-refractivity contribution in [2.45, 2.75) is 31.3 Å². The van der Waals surface area contributed by atoms with Crippen molar-refractivity contribution in [1.82, 2.24) is 15.3 Å². The maximum absolute atomic E-state index is 13.2. The molecule has 0 radical (unpaired) electrons. The van der Waals surface area contributed by atoms with Gasteiger partial charge in [0.25, 0.3) is 0 Å². The highest BCUT2D eigenvalue weighted by atomic mass is 19.1. The van der Waals surface area contributed by atoms with Crippen molar-refractivity contribution in [2.24, 2.45) is 0 Å². The predicted octanol–water partition coefficient (Wildman–Crippen LogP) is 1.70. The van der Waals surface area contributed by atoms with Gasteiger partial charge in [0.05, 0.1) is 12.1 Å². The quantitative estimate of drug-likeness (QED) is 0.822. The second-order valence-corrected chi connectivity index (χ2v) is 6.70. The van der Waals surface area contributed by atoms with Crippen molar-refractivity contribution in [3.05, 3.63) is 54.1 Å². The first kappa shape index (κ1) is 18.3. The minimum Gasteiger partial charge on any atom is -0.386 e. The fourth-order valence-corrected chi connectivity index (χ4v) is 3.18. The summed E-state index contributed by atoms with van der Waals surface area (Å²) in [6.45, 7) is 1.33. The average Bonchev–Trinajstić information content (AvgIpc) is 2.66. The number of carbonyl (C=O) groups excluding carboxylic acids is 1. The minimum absolute atomic E-state index is 0.157. The lowest BCUT2D eigenvalue weighted by Gasteiger charge is -2.39. The summed E-state index contributed by atoms with van der Waals surface area (Å²) in [5, 5.41) is 13.6. The van der Waals surface area contributed by atoms with Gasteiger partial charge in [-0.25, -0.2) is 14.4 Å². The first-order valence-corrected chi connectivity index (χ1v) is 8.80. The Morgan fingerprint density at radius 2 is 2.12 bits per heavy atom. The van der Waals surface area contributed by atoms with Crippen LogP contribution in [0.15, 0.2) is 42.7 Å². The molecule has 1 aliphatic heterocycles. The molecule has 0 saturated carbocycles. The number of aromatic nitrogens is 2. The van der Waals surface area contributed by atoms with Gasteiger partial charge in [-0.3, -0.25) is 4.79 Å². The van der Waals surface area contributed by atoms with Gasteiger partial charge in [-0.15, -0.1) is 0 Å². The van der Waals surface area contributed by atoms with Gasteiger partial charge in [-0.05, 0) is 43.0 Å². The normalized spacial score (nSPS) is 20.0. The summed E-state index contributed by atoms with van der Waals surface area (Å²) in [6.07, 6.45) is 5.47. The van der Waals surface area contributed by atoms with Crippen LogP contribution >= 0.6 is 0 Å². The number of amides is 1. The average molecular weight is 358 g/mol. The Kier molecular flexibility index (Phi) is 5.78. The molecule has 7 heteroatoms. The zero-order valence-electron chi connectivity index (χ0n) is 14.6. The first-order valence-electron chi connectivity index (χ1n) is 8.80. The van der Waals surface area contributed by atoms with Crippen LogP contribution in [-0.4, -0.2) is 46.2 Å². The smallest absolute Gasteiger partial charge is 0.225 e. The van der Waals surface area contributed by atoms with E-state index in [1.165, 1.54) is 12.1 Å². The van der Waals surface area contributed by atoms with E-state index in [9.17, 15) is 14.3 Å². The highest BCUT2D eigenvalue weighted by Gasteiger charge is 2.34. The molecule has 0 aliphatic carbocycles. The standard InChI is InChI=1S/C19H23FN4O2/c20-16-5-1-4-15(12-16)6-7-17(25)23-13-19(26)8-2-11-24(14-19)18-21-9-3-10-22-18/h1,3-5,9-10,12,26H,2,6-8,11,13-14H2,(H,23,25). The van der Waals surface area contributed by atoms with E-state index in [1.54, 1.807) is 30.6 Å². The number of hydrogen-bond acceptors (Lipinski definition) is 5. The molecule has 1 saturated heterocycles. The molecule has 1 aromatic carbocycles. The van der Waals surface area contributed by atoms with Crippen molar-refractivity contribution in [3.8, 4) is 0 Å². The molecule has 138 valence electrons. The minimum atomic E-state index is -1.01. The molecule has 1 atom stereocenters. The van der Waals surface area contributed by atoms with E-state index in [2.05, 4.69) is 15.3 Å². The highest BCUT2D eigenvalue weighted by Crippen LogP contribution is 2.23. The Morgan fingerprint density at radius 3 is 2.88 bits per heavy atom. The number of nitrogens with one attached hydrogen (secondary N) is 1. The molecular weight excluding hydrogens is 335 g/mol. The number of rotatable bonds is 6. The van der Waals surface area contributed by atoms with Crippen molar-refractivity contribution in [3.63, 3.8) is 0 Å². The Balaban J connectivity index is 1.49. The molecule has 6 nitrogen and oxygen atoms in total. The highest BCUT2D eigenvalue weighted by molar-refractivity contribution is 5.76. The number of benzene rings is 1. The third-order valence-electron chi connectivity index (χ3n) is 4.53. The lowest BCUT2D eigenvalue weighted by Crippen LogP contribution is -2.54. The third kappa shape index (κ3) is 4.98. The van der Waals surface area contributed by atoms with Crippen LogP contribution in [0.5, 0.6) is 0 Å². The number of anilines is 1. The second kappa shape index (κ2) is 8.23. The van der Waals surface area contributed by atoms with E-state index in [0.29, 0.717) is 25.3 Å². The summed E-state index contributed by atoms with van der Waals surface area (Å²) in [7, 11) is 0. The van der Waals surface area contributed by atoms with Gasteiger partial charge < -0.3 is 15.3 Å². The number of carbonyl (C=O) groups is 1. The predicted molar refractivity (Wildman–Crippen MR) is 96.2 cm³/mol. The maximum Gasteiger partial charge on any atom is 0.225 e. The Hall–Kier alpha value is -2.54.